The van der Waals surface area contributed by atoms with Gasteiger partial charge in [-0.1, -0.05) is 0 Å². The van der Waals surface area contributed by atoms with E-state index >= 15 is 0 Å². The summed E-state index contributed by atoms with van der Waals surface area (Å²) in [5.41, 5.74) is 8.12. The highest BCUT2D eigenvalue weighted by atomic mass is 16.7. The number of carbonyl (C=O) groups is 2. The first-order valence-corrected chi connectivity index (χ1v) is 8.69. The normalized spacial score (nSPS) is 24.3. The fraction of sp³-hybridized carbons (Fsp3) is 0.611. The molecule has 2 aliphatic rings. The number of ether oxygens (including phenoxy) is 3. The van der Waals surface area contributed by atoms with Gasteiger partial charge in [-0.05, 0) is 38.8 Å². The van der Waals surface area contributed by atoms with Crippen molar-refractivity contribution in [1.82, 2.24) is 9.88 Å². The Balaban J connectivity index is 2.04. The molecule has 27 heavy (non-hydrogen) atoms. The summed E-state index contributed by atoms with van der Waals surface area (Å²) in [6, 6.07) is -1.06. The molecule has 0 bridgehead atoms. The van der Waals surface area contributed by atoms with E-state index in [1.165, 1.54) is 12.0 Å². The maximum absolute atomic E-state index is 12.5. The lowest BCUT2D eigenvalue weighted by atomic mass is 9.90. The summed E-state index contributed by atoms with van der Waals surface area (Å²) >= 11 is 0. The van der Waals surface area contributed by atoms with E-state index in [4.69, 9.17) is 19.9 Å². The Hall–Kier alpha value is -2.39. The van der Waals surface area contributed by atoms with Gasteiger partial charge in [0.15, 0.2) is 5.79 Å². The number of nitrogen functional groups attached to an aromatic ring is 1. The molecule has 2 atom stereocenters. The summed E-state index contributed by atoms with van der Waals surface area (Å²) in [4.78, 5) is 30.0. The van der Waals surface area contributed by atoms with Gasteiger partial charge in [-0.25, -0.2) is 14.6 Å². The lowest BCUT2D eigenvalue weighted by Gasteiger charge is -2.36. The number of hydrogen-bond donors (Lipinski definition) is 2. The van der Waals surface area contributed by atoms with E-state index in [1.807, 2.05) is 0 Å². The number of nitrogens with two attached hydrogens (primary N) is 1. The number of anilines is 1. The molecule has 1 aromatic rings. The van der Waals surface area contributed by atoms with Crippen molar-refractivity contribution in [1.29, 1.82) is 0 Å². The third-order valence-electron chi connectivity index (χ3n) is 4.87. The number of rotatable bonds is 2. The van der Waals surface area contributed by atoms with E-state index in [1.54, 1.807) is 27.7 Å². The molecule has 148 valence electrons. The highest BCUT2D eigenvalue weighted by Crippen LogP contribution is 2.43. The largest absolute Gasteiger partial charge is 0.480 e. The summed E-state index contributed by atoms with van der Waals surface area (Å²) in [5.74, 6) is -1.88. The van der Waals surface area contributed by atoms with Crippen molar-refractivity contribution < 1.29 is 28.9 Å². The minimum Gasteiger partial charge on any atom is -0.480 e. The Morgan fingerprint density at radius 2 is 2.04 bits per heavy atom. The number of carboxylic acid groups (broad SMARTS) is 1. The molecule has 1 amide bonds. The van der Waals surface area contributed by atoms with Crippen molar-refractivity contribution in [2.45, 2.75) is 64.7 Å². The van der Waals surface area contributed by atoms with E-state index in [9.17, 15) is 14.7 Å². The number of methoxy groups -OCH3 is 1. The molecule has 3 rings (SSSR count). The van der Waals surface area contributed by atoms with Gasteiger partial charge < -0.3 is 25.1 Å². The van der Waals surface area contributed by atoms with Crippen molar-refractivity contribution in [3.8, 4) is 0 Å². The minimum atomic E-state index is -1.11. The van der Waals surface area contributed by atoms with E-state index in [0.29, 0.717) is 11.3 Å². The third kappa shape index (κ3) is 3.32. The maximum atomic E-state index is 12.5. The molecule has 2 aliphatic heterocycles. The number of carbonyl (C=O) groups excluding carboxylic acids is 1. The first kappa shape index (κ1) is 19.4. The van der Waals surface area contributed by atoms with E-state index < -0.39 is 29.5 Å². The van der Waals surface area contributed by atoms with Crippen LogP contribution in [-0.4, -0.2) is 45.8 Å². The standard InChI is InChI=1S/C18H25N3O6/c1-17(2,3)27-16(24)21-7-11-9(6-12(21)15(22)23)10-8-26-18(4,25-5)13(10)14(19)20-11/h12H,6-8H2,1-5H3,(H2,19,20)(H,22,23)/t12-,18?/m1/s1. The molecule has 9 nitrogen and oxygen atoms in total. The van der Waals surface area contributed by atoms with Crippen molar-refractivity contribution in [2.24, 2.45) is 0 Å². The monoisotopic (exact) mass is 379 g/mol. The van der Waals surface area contributed by atoms with Gasteiger partial charge in [-0.2, -0.15) is 0 Å². The van der Waals surface area contributed by atoms with Crippen molar-refractivity contribution in [2.75, 3.05) is 12.8 Å². The Morgan fingerprint density at radius 3 is 2.59 bits per heavy atom. The van der Waals surface area contributed by atoms with E-state index in [2.05, 4.69) is 4.98 Å². The Morgan fingerprint density at radius 1 is 1.37 bits per heavy atom. The lowest BCUT2D eigenvalue weighted by molar-refractivity contribution is -0.209. The smallest absolute Gasteiger partial charge is 0.411 e. The Labute approximate surface area is 157 Å². The van der Waals surface area contributed by atoms with Crippen molar-refractivity contribution >= 4 is 17.9 Å². The Bertz CT molecular complexity index is 803. The predicted molar refractivity (Wildman–Crippen MR) is 94.7 cm³/mol. The molecule has 0 saturated heterocycles. The molecule has 1 unspecified atom stereocenters. The maximum Gasteiger partial charge on any atom is 0.411 e. The molecular weight excluding hydrogens is 354 g/mol. The zero-order chi connectivity index (χ0) is 20.1. The minimum absolute atomic E-state index is 0.00237. The summed E-state index contributed by atoms with van der Waals surface area (Å²) in [6.07, 6.45) is -0.595. The average Bonchev–Trinajstić information content (AvgIpc) is 2.91. The van der Waals surface area contributed by atoms with Gasteiger partial charge in [0.05, 0.1) is 24.4 Å². The summed E-state index contributed by atoms with van der Waals surface area (Å²) in [5, 5.41) is 9.68. The van der Waals surface area contributed by atoms with Crippen LogP contribution in [0.4, 0.5) is 10.6 Å². The Kier molecular flexibility index (Phi) is 4.55. The van der Waals surface area contributed by atoms with Gasteiger partial charge >= 0.3 is 12.1 Å². The third-order valence-corrected chi connectivity index (χ3v) is 4.87. The number of aromatic nitrogens is 1. The number of hydrogen-bond acceptors (Lipinski definition) is 7. The number of pyridine rings is 1. The second-order valence-corrected chi connectivity index (χ2v) is 7.88. The highest BCUT2D eigenvalue weighted by molar-refractivity contribution is 5.81. The number of nitrogens with zero attached hydrogens (tertiary/aromatic N) is 2. The van der Waals surface area contributed by atoms with Gasteiger partial charge in [0, 0.05) is 13.5 Å². The van der Waals surface area contributed by atoms with Crippen LogP contribution in [0.2, 0.25) is 0 Å². The van der Waals surface area contributed by atoms with Crippen molar-refractivity contribution in [3.05, 3.63) is 22.4 Å². The molecule has 0 fully saturated rings. The second-order valence-electron chi connectivity index (χ2n) is 7.88. The molecule has 3 heterocycles. The molecule has 0 aliphatic carbocycles. The second kappa shape index (κ2) is 6.35. The number of carboxylic acids is 1. The molecule has 0 radical (unpaired) electrons. The molecule has 0 spiro atoms. The molecule has 0 aromatic carbocycles. The van der Waals surface area contributed by atoms with Crippen LogP contribution in [0.3, 0.4) is 0 Å². The van der Waals surface area contributed by atoms with Gasteiger partial charge in [-0.3, -0.25) is 4.90 Å². The van der Waals surface area contributed by atoms with Crippen LogP contribution in [0.1, 0.15) is 50.1 Å². The van der Waals surface area contributed by atoms with E-state index in [0.717, 1.165) is 11.1 Å². The number of aliphatic carboxylic acids is 1. The van der Waals surface area contributed by atoms with Crippen LogP contribution in [0, 0.1) is 0 Å². The van der Waals surface area contributed by atoms with Gasteiger partial charge in [0.2, 0.25) is 0 Å². The summed E-state index contributed by atoms with van der Waals surface area (Å²) in [6.45, 7) is 7.17. The van der Waals surface area contributed by atoms with Crippen LogP contribution in [0.15, 0.2) is 0 Å². The van der Waals surface area contributed by atoms with Crippen LogP contribution in [0.5, 0.6) is 0 Å². The quantitative estimate of drug-likeness (QED) is 0.796. The fourth-order valence-electron chi connectivity index (χ4n) is 3.54. The molecule has 9 heteroatoms. The van der Waals surface area contributed by atoms with Crippen LogP contribution in [-0.2, 0) is 44.4 Å². The number of fused-ring (bicyclic) bond motifs is 3. The topological polar surface area (TPSA) is 124 Å². The molecular formula is C18H25N3O6. The summed E-state index contributed by atoms with van der Waals surface area (Å²) < 4.78 is 16.6. The van der Waals surface area contributed by atoms with Gasteiger partial charge in [0.1, 0.15) is 17.5 Å². The fourth-order valence-corrected chi connectivity index (χ4v) is 3.54. The van der Waals surface area contributed by atoms with Gasteiger partial charge in [-0.15, -0.1) is 0 Å². The first-order chi connectivity index (χ1) is 12.5. The molecule has 3 N–H and O–H groups in total. The number of amides is 1. The van der Waals surface area contributed by atoms with Crippen LogP contribution >= 0.6 is 0 Å². The van der Waals surface area contributed by atoms with E-state index in [-0.39, 0.29) is 25.4 Å². The molecule has 0 saturated carbocycles. The van der Waals surface area contributed by atoms with Gasteiger partial charge in [0.25, 0.3) is 0 Å². The SMILES string of the molecule is COC1(C)OCc2c3c(nc(N)c21)CN(C(=O)OC(C)(C)C)[C@@H](C(=O)O)C3. The highest BCUT2D eigenvalue weighted by Gasteiger charge is 2.44. The van der Waals surface area contributed by atoms with Crippen molar-refractivity contribution in [3.63, 3.8) is 0 Å². The van der Waals surface area contributed by atoms with Crippen LogP contribution in [0.25, 0.3) is 0 Å². The lowest BCUT2D eigenvalue weighted by Crippen LogP contribution is -2.50. The first-order valence-electron chi connectivity index (χ1n) is 8.69. The zero-order valence-electron chi connectivity index (χ0n) is 16.2. The van der Waals surface area contributed by atoms with Crippen LogP contribution < -0.4 is 5.73 Å². The molecule has 1 aromatic heterocycles. The summed E-state index contributed by atoms with van der Waals surface area (Å²) in [7, 11) is 1.51. The predicted octanol–water partition coefficient (Wildman–Crippen LogP) is 1.76. The average molecular weight is 379 g/mol. The zero-order valence-corrected chi connectivity index (χ0v) is 16.2.